The molecule has 2 heterocycles. The van der Waals surface area contributed by atoms with Gasteiger partial charge in [0.25, 0.3) is 0 Å². The van der Waals surface area contributed by atoms with Crippen LogP contribution in [0, 0.1) is 0 Å². The summed E-state index contributed by atoms with van der Waals surface area (Å²) in [5.74, 6) is 2.47. The van der Waals surface area contributed by atoms with Gasteiger partial charge in [0, 0.05) is 47.5 Å². The third-order valence-corrected chi connectivity index (χ3v) is 12.1. The Hall–Kier alpha value is -5.55. The molecule has 5 heteroatoms. The second-order valence-electron chi connectivity index (χ2n) is 22.2. The summed E-state index contributed by atoms with van der Waals surface area (Å²) in [5.41, 5.74) is 12.6. The molecular formula is C56H68N4O. The normalized spacial score (nSPS) is 12.9. The summed E-state index contributed by atoms with van der Waals surface area (Å²) in [5, 5.41) is 6.19. The van der Waals surface area contributed by atoms with E-state index in [0.29, 0.717) is 0 Å². The highest BCUT2D eigenvalue weighted by Gasteiger charge is 2.24. The van der Waals surface area contributed by atoms with Crippen LogP contribution in [0.4, 0.5) is 22.7 Å². The van der Waals surface area contributed by atoms with Crippen molar-refractivity contribution in [3.63, 3.8) is 0 Å². The van der Waals surface area contributed by atoms with Crippen molar-refractivity contribution < 1.29 is 4.74 Å². The Kier molecular flexibility index (Phi) is 11.0. The summed E-state index contributed by atoms with van der Waals surface area (Å²) < 4.78 is 9.27. The van der Waals surface area contributed by atoms with Gasteiger partial charge in [-0.1, -0.05) is 128 Å². The number of anilines is 4. The van der Waals surface area contributed by atoms with Crippen molar-refractivity contribution in [1.82, 2.24) is 9.55 Å². The fraction of sp³-hybridized carbons (Fsp3) is 0.375. The van der Waals surface area contributed by atoms with E-state index in [1.807, 2.05) is 6.20 Å². The summed E-state index contributed by atoms with van der Waals surface area (Å²) in [6.45, 7) is 34.0. The lowest BCUT2D eigenvalue weighted by Crippen LogP contribution is -2.17. The SMILES string of the molecule is CN(c1cc(Oc2ccc3c4cc(C(C)(C)C)ccc4n(-c4cc(C(C)(C)C)ccn4)c3c2)cc(C(C)(C)C)c1)c1cc(C(C)(C)C)ccc1Nc1cccc(C(C)(C)C)c1. The van der Waals surface area contributed by atoms with E-state index < -0.39 is 0 Å². The van der Waals surface area contributed by atoms with E-state index in [4.69, 9.17) is 9.72 Å². The van der Waals surface area contributed by atoms with Crippen molar-refractivity contribution in [3.8, 4) is 17.3 Å². The molecule has 0 spiro atoms. The van der Waals surface area contributed by atoms with Crippen LogP contribution in [0.1, 0.15) is 132 Å². The number of rotatable bonds is 7. The van der Waals surface area contributed by atoms with Crippen LogP contribution in [0.5, 0.6) is 11.5 Å². The number of pyridine rings is 1. The van der Waals surface area contributed by atoms with Crippen molar-refractivity contribution in [2.75, 3.05) is 17.3 Å². The van der Waals surface area contributed by atoms with E-state index >= 15 is 0 Å². The Morgan fingerprint density at radius 2 is 1.10 bits per heavy atom. The molecule has 7 aromatic rings. The van der Waals surface area contributed by atoms with Crippen molar-refractivity contribution in [3.05, 3.63) is 143 Å². The zero-order chi connectivity index (χ0) is 44.4. The van der Waals surface area contributed by atoms with Gasteiger partial charge in [-0.3, -0.25) is 4.57 Å². The van der Waals surface area contributed by atoms with Gasteiger partial charge in [-0.05, 0) is 128 Å². The summed E-state index contributed by atoms with van der Waals surface area (Å²) in [4.78, 5) is 7.26. The average Bonchev–Trinajstić information content (AvgIpc) is 3.49. The Labute approximate surface area is 366 Å². The van der Waals surface area contributed by atoms with E-state index in [1.54, 1.807) is 0 Å². The van der Waals surface area contributed by atoms with Gasteiger partial charge in [0.1, 0.15) is 17.3 Å². The minimum atomic E-state index is -0.123. The molecule has 0 bridgehead atoms. The number of nitrogens with zero attached hydrogens (tertiary/aromatic N) is 3. The average molecular weight is 813 g/mol. The van der Waals surface area contributed by atoms with Crippen LogP contribution < -0.4 is 15.0 Å². The zero-order valence-corrected chi connectivity index (χ0v) is 39.7. The van der Waals surface area contributed by atoms with Crippen LogP contribution in [0.3, 0.4) is 0 Å². The van der Waals surface area contributed by atoms with Crippen molar-refractivity contribution >= 4 is 44.6 Å². The summed E-state index contributed by atoms with van der Waals surface area (Å²) in [6.07, 6.45) is 1.94. The molecule has 0 amide bonds. The maximum Gasteiger partial charge on any atom is 0.137 e. The molecule has 61 heavy (non-hydrogen) atoms. The van der Waals surface area contributed by atoms with Gasteiger partial charge in [-0.2, -0.15) is 0 Å². The maximum absolute atomic E-state index is 6.96. The molecule has 318 valence electrons. The third-order valence-electron chi connectivity index (χ3n) is 12.1. The number of hydrogen-bond donors (Lipinski definition) is 1. The molecule has 0 aliphatic carbocycles. The van der Waals surface area contributed by atoms with E-state index in [2.05, 4.69) is 235 Å². The molecule has 0 saturated carbocycles. The molecule has 0 atom stereocenters. The molecule has 0 aliphatic rings. The van der Waals surface area contributed by atoms with Crippen LogP contribution in [0.2, 0.25) is 0 Å². The molecule has 0 saturated heterocycles. The number of ether oxygens (including phenoxy) is 1. The predicted octanol–water partition coefficient (Wildman–Crippen LogP) is 16.0. The molecule has 7 rings (SSSR count). The van der Waals surface area contributed by atoms with E-state index in [-0.39, 0.29) is 27.1 Å². The van der Waals surface area contributed by atoms with Crippen molar-refractivity contribution in [2.45, 2.75) is 131 Å². The smallest absolute Gasteiger partial charge is 0.137 e. The molecule has 0 fully saturated rings. The van der Waals surface area contributed by atoms with Crippen LogP contribution in [0.15, 0.2) is 115 Å². The first-order valence-electron chi connectivity index (χ1n) is 21.9. The fourth-order valence-corrected chi connectivity index (χ4v) is 7.93. The Morgan fingerprint density at radius 3 is 1.75 bits per heavy atom. The van der Waals surface area contributed by atoms with Gasteiger partial charge in [0.2, 0.25) is 0 Å². The lowest BCUT2D eigenvalue weighted by molar-refractivity contribution is 0.479. The number of benzene rings is 5. The molecule has 0 unspecified atom stereocenters. The highest BCUT2D eigenvalue weighted by molar-refractivity contribution is 6.09. The summed E-state index contributed by atoms with van der Waals surface area (Å²) >= 11 is 0. The predicted molar refractivity (Wildman–Crippen MR) is 263 cm³/mol. The first-order valence-corrected chi connectivity index (χ1v) is 21.9. The van der Waals surface area contributed by atoms with Crippen LogP contribution in [-0.2, 0) is 27.1 Å². The monoisotopic (exact) mass is 813 g/mol. The number of fused-ring (bicyclic) bond motifs is 3. The van der Waals surface area contributed by atoms with E-state index in [0.717, 1.165) is 51.1 Å². The summed E-state index contributed by atoms with van der Waals surface area (Å²) in [6, 6.07) is 40.0. The Bertz CT molecular complexity index is 2730. The van der Waals surface area contributed by atoms with Gasteiger partial charge < -0.3 is 15.0 Å². The largest absolute Gasteiger partial charge is 0.457 e. The zero-order valence-electron chi connectivity index (χ0n) is 39.7. The minimum Gasteiger partial charge on any atom is -0.457 e. The molecule has 0 radical (unpaired) electrons. The Morgan fingerprint density at radius 1 is 0.492 bits per heavy atom. The molecule has 5 nitrogen and oxygen atoms in total. The maximum atomic E-state index is 6.96. The topological polar surface area (TPSA) is 42.3 Å². The van der Waals surface area contributed by atoms with E-state index in [1.165, 1.54) is 38.6 Å². The van der Waals surface area contributed by atoms with Crippen LogP contribution >= 0.6 is 0 Å². The lowest BCUT2D eigenvalue weighted by atomic mass is 9.86. The standard InChI is InChI=1S/C56H68N4O/c1-52(2,3)36-18-17-19-41(28-36)58-47-24-20-38(54(7,8)9)32-50(47)59(16)42-29-40(56(13,14)15)30-44(34-42)61-43-22-23-45-46-31-37(53(4,5)6)21-25-48(46)60(49(45)35-43)51-33-39(26-27-57-51)55(10,11)12/h17-35,58H,1-16H3. The minimum absolute atomic E-state index is 0.0151. The number of hydrogen-bond acceptors (Lipinski definition) is 4. The van der Waals surface area contributed by atoms with Gasteiger partial charge in [0.05, 0.1) is 22.4 Å². The van der Waals surface area contributed by atoms with Gasteiger partial charge in [0.15, 0.2) is 0 Å². The highest BCUT2D eigenvalue weighted by atomic mass is 16.5. The first kappa shape index (κ1) is 43.5. The Balaban J connectivity index is 1.35. The van der Waals surface area contributed by atoms with Crippen LogP contribution in [-0.4, -0.2) is 16.6 Å². The van der Waals surface area contributed by atoms with E-state index in [9.17, 15) is 0 Å². The number of nitrogens with one attached hydrogen (secondary N) is 1. The summed E-state index contributed by atoms with van der Waals surface area (Å²) in [7, 11) is 2.17. The van der Waals surface area contributed by atoms with Gasteiger partial charge in [-0.15, -0.1) is 0 Å². The van der Waals surface area contributed by atoms with Crippen LogP contribution in [0.25, 0.3) is 27.6 Å². The second-order valence-corrected chi connectivity index (χ2v) is 22.2. The van der Waals surface area contributed by atoms with Crippen molar-refractivity contribution in [1.29, 1.82) is 0 Å². The fourth-order valence-electron chi connectivity index (χ4n) is 7.93. The first-order chi connectivity index (χ1) is 28.3. The van der Waals surface area contributed by atoms with Gasteiger partial charge in [-0.25, -0.2) is 4.98 Å². The van der Waals surface area contributed by atoms with Gasteiger partial charge >= 0.3 is 0 Å². The van der Waals surface area contributed by atoms with Crippen molar-refractivity contribution in [2.24, 2.45) is 0 Å². The number of aromatic nitrogens is 2. The highest BCUT2D eigenvalue weighted by Crippen LogP contribution is 2.42. The molecule has 0 aliphatic heterocycles. The molecule has 2 aromatic heterocycles. The lowest BCUT2D eigenvalue weighted by Gasteiger charge is -2.29. The molecule has 1 N–H and O–H groups in total. The third kappa shape index (κ3) is 9.22. The quantitative estimate of drug-likeness (QED) is 0.174. The molecule has 5 aromatic carbocycles. The molecular weight excluding hydrogens is 745 g/mol. The second kappa shape index (κ2) is 15.4.